The Morgan fingerprint density at radius 2 is 2.45 bits per heavy atom. The Hall–Kier alpha value is -0.330. The minimum Gasteiger partial charge on any atom is -0.374 e. The number of rotatable bonds is 4. The van der Waals surface area contributed by atoms with Gasteiger partial charge in [-0.15, -0.1) is 10.2 Å². The fraction of sp³-hybridized carbons (Fsp3) is 0.600. The fourth-order valence-electron chi connectivity index (χ4n) is 0.454. The SMILES string of the molecule is CCOCSc1nnc(N)s1. The summed E-state index contributed by atoms with van der Waals surface area (Å²) in [6.45, 7) is 2.68. The van der Waals surface area contributed by atoms with Gasteiger partial charge < -0.3 is 10.5 Å². The van der Waals surface area contributed by atoms with Gasteiger partial charge in [-0.25, -0.2) is 0 Å². The van der Waals surface area contributed by atoms with Gasteiger partial charge in [0.05, 0.1) is 5.94 Å². The number of hydrogen-bond donors (Lipinski definition) is 1. The van der Waals surface area contributed by atoms with Gasteiger partial charge in [0.1, 0.15) is 0 Å². The summed E-state index contributed by atoms with van der Waals surface area (Å²) in [6, 6.07) is 0. The van der Waals surface area contributed by atoms with Crippen molar-refractivity contribution in [3.8, 4) is 0 Å². The lowest BCUT2D eigenvalue weighted by molar-refractivity contribution is 0.199. The maximum Gasteiger partial charge on any atom is 0.203 e. The van der Waals surface area contributed by atoms with Crippen LogP contribution in [0.15, 0.2) is 4.34 Å². The zero-order chi connectivity index (χ0) is 8.10. The molecular weight excluding hydrogens is 182 g/mol. The van der Waals surface area contributed by atoms with Crippen molar-refractivity contribution in [3.05, 3.63) is 0 Å². The molecule has 0 radical (unpaired) electrons. The number of nitrogen functional groups attached to an aromatic ring is 1. The molecule has 0 amide bonds. The first kappa shape index (κ1) is 8.76. The Morgan fingerprint density at radius 3 is 3.00 bits per heavy atom. The van der Waals surface area contributed by atoms with Gasteiger partial charge in [0.2, 0.25) is 5.13 Å². The van der Waals surface area contributed by atoms with Crippen LogP contribution >= 0.6 is 23.1 Å². The highest BCUT2D eigenvalue weighted by atomic mass is 32.2. The zero-order valence-electron chi connectivity index (χ0n) is 6.11. The molecule has 0 fully saturated rings. The largest absolute Gasteiger partial charge is 0.374 e. The normalized spacial score (nSPS) is 10.3. The van der Waals surface area contributed by atoms with Gasteiger partial charge in [-0.3, -0.25) is 0 Å². The molecule has 1 rings (SSSR count). The molecular formula is C5H9N3OS2. The van der Waals surface area contributed by atoms with Gasteiger partial charge in [0.25, 0.3) is 0 Å². The summed E-state index contributed by atoms with van der Waals surface area (Å²) in [5, 5.41) is 7.98. The molecule has 0 aliphatic carbocycles. The second-order valence-electron chi connectivity index (χ2n) is 1.66. The van der Waals surface area contributed by atoms with Crippen LogP contribution in [-0.4, -0.2) is 22.7 Å². The second kappa shape index (κ2) is 4.53. The van der Waals surface area contributed by atoms with Gasteiger partial charge in [-0.2, -0.15) is 0 Å². The van der Waals surface area contributed by atoms with E-state index in [-0.39, 0.29) is 0 Å². The van der Waals surface area contributed by atoms with E-state index in [9.17, 15) is 0 Å². The Balaban J connectivity index is 2.27. The molecule has 4 nitrogen and oxygen atoms in total. The van der Waals surface area contributed by atoms with Gasteiger partial charge in [-0.1, -0.05) is 23.1 Å². The number of thioether (sulfide) groups is 1. The van der Waals surface area contributed by atoms with Crippen LogP contribution in [0.1, 0.15) is 6.92 Å². The molecule has 11 heavy (non-hydrogen) atoms. The summed E-state index contributed by atoms with van der Waals surface area (Å²) < 4.78 is 5.97. The number of ether oxygens (including phenoxy) is 1. The molecule has 6 heteroatoms. The third kappa shape index (κ3) is 3.04. The Bertz CT molecular complexity index is 215. The van der Waals surface area contributed by atoms with Crippen LogP contribution in [0.25, 0.3) is 0 Å². The number of anilines is 1. The lowest BCUT2D eigenvalue weighted by Gasteiger charge is -1.94. The van der Waals surface area contributed by atoms with E-state index in [4.69, 9.17) is 10.5 Å². The summed E-state index contributed by atoms with van der Waals surface area (Å²) in [5.74, 6) is 0.616. The predicted molar refractivity (Wildman–Crippen MR) is 46.7 cm³/mol. The van der Waals surface area contributed by atoms with Crippen molar-refractivity contribution < 1.29 is 4.74 Å². The molecule has 0 atom stereocenters. The van der Waals surface area contributed by atoms with Gasteiger partial charge in [0.15, 0.2) is 4.34 Å². The van der Waals surface area contributed by atoms with Gasteiger partial charge in [-0.05, 0) is 6.92 Å². The van der Waals surface area contributed by atoms with Crippen molar-refractivity contribution >= 4 is 28.2 Å². The van der Waals surface area contributed by atoms with Crippen LogP contribution < -0.4 is 5.73 Å². The average Bonchev–Trinajstić information content (AvgIpc) is 2.37. The maximum absolute atomic E-state index is 5.37. The van der Waals surface area contributed by atoms with E-state index in [0.717, 1.165) is 10.9 Å². The Kier molecular flexibility index (Phi) is 3.61. The summed E-state index contributed by atoms with van der Waals surface area (Å²) in [4.78, 5) is 0. The molecule has 0 saturated heterocycles. The predicted octanol–water partition coefficient (Wildman–Crippen LogP) is 1.21. The molecule has 0 bridgehead atoms. The molecule has 1 aromatic heterocycles. The van der Waals surface area contributed by atoms with Crippen LogP contribution in [0.2, 0.25) is 0 Å². The molecule has 0 saturated carbocycles. The summed E-state index contributed by atoms with van der Waals surface area (Å²) in [5.41, 5.74) is 5.37. The smallest absolute Gasteiger partial charge is 0.203 e. The third-order valence-electron chi connectivity index (χ3n) is 0.892. The molecule has 0 spiro atoms. The van der Waals surface area contributed by atoms with Crippen LogP contribution in [0.3, 0.4) is 0 Å². The maximum atomic E-state index is 5.37. The molecule has 2 N–H and O–H groups in total. The van der Waals surface area contributed by atoms with Crippen molar-refractivity contribution in [1.29, 1.82) is 0 Å². The zero-order valence-corrected chi connectivity index (χ0v) is 7.74. The average molecular weight is 191 g/mol. The number of aromatic nitrogens is 2. The standard InChI is InChI=1S/C5H9N3OS2/c1-2-9-3-10-5-8-7-4(6)11-5/h2-3H2,1H3,(H2,6,7). The van der Waals surface area contributed by atoms with E-state index in [1.807, 2.05) is 6.92 Å². The molecule has 0 aromatic carbocycles. The minimum atomic E-state index is 0.504. The third-order valence-corrected chi connectivity index (χ3v) is 2.66. The highest BCUT2D eigenvalue weighted by molar-refractivity contribution is 8.00. The summed E-state index contributed by atoms with van der Waals surface area (Å²) >= 11 is 2.89. The van der Waals surface area contributed by atoms with E-state index in [1.54, 1.807) is 0 Å². The minimum absolute atomic E-state index is 0.504. The van der Waals surface area contributed by atoms with Crippen molar-refractivity contribution in [3.63, 3.8) is 0 Å². The number of hydrogen-bond acceptors (Lipinski definition) is 6. The first-order chi connectivity index (χ1) is 5.33. The van der Waals surface area contributed by atoms with Crippen LogP contribution in [0, 0.1) is 0 Å². The van der Waals surface area contributed by atoms with Crippen molar-refractivity contribution in [1.82, 2.24) is 10.2 Å². The van der Waals surface area contributed by atoms with E-state index < -0.39 is 0 Å². The lowest BCUT2D eigenvalue weighted by Crippen LogP contribution is -1.87. The Labute approximate surface area is 73.2 Å². The number of nitrogens with two attached hydrogens (primary N) is 1. The Morgan fingerprint density at radius 1 is 1.64 bits per heavy atom. The first-order valence-corrected chi connectivity index (χ1v) is 4.92. The van der Waals surface area contributed by atoms with Crippen molar-refractivity contribution in [2.45, 2.75) is 11.3 Å². The molecule has 1 aromatic rings. The van der Waals surface area contributed by atoms with Crippen molar-refractivity contribution in [2.75, 3.05) is 18.3 Å². The topological polar surface area (TPSA) is 61.0 Å². The fourth-order valence-corrected chi connectivity index (χ4v) is 1.88. The van der Waals surface area contributed by atoms with E-state index >= 15 is 0 Å². The lowest BCUT2D eigenvalue weighted by atomic mass is 10.9. The molecule has 0 aliphatic heterocycles. The highest BCUT2D eigenvalue weighted by Crippen LogP contribution is 2.22. The quantitative estimate of drug-likeness (QED) is 0.440. The summed E-state index contributed by atoms with van der Waals surface area (Å²) in [6.07, 6.45) is 0. The van der Waals surface area contributed by atoms with Crippen LogP contribution in [0.4, 0.5) is 5.13 Å². The number of nitrogens with zero attached hydrogens (tertiary/aromatic N) is 2. The highest BCUT2D eigenvalue weighted by Gasteiger charge is 1.99. The van der Waals surface area contributed by atoms with E-state index in [1.165, 1.54) is 23.1 Å². The van der Waals surface area contributed by atoms with Crippen LogP contribution in [0.5, 0.6) is 0 Å². The summed E-state index contributed by atoms with van der Waals surface area (Å²) in [7, 11) is 0. The van der Waals surface area contributed by atoms with Gasteiger partial charge in [0, 0.05) is 6.61 Å². The van der Waals surface area contributed by atoms with E-state index in [0.29, 0.717) is 11.1 Å². The van der Waals surface area contributed by atoms with Crippen LogP contribution in [-0.2, 0) is 4.74 Å². The molecule has 0 aliphatic rings. The van der Waals surface area contributed by atoms with E-state index in [2.05, 4.69) is 10.2 Å². The van der Waals surface area contributed by atoms with Gasteiger partial charge >= 0.3 is 0 Å². The monoisotopic (exact) mass is 191 g/mol. The molecule has 0 unspecified atom stereocenters. The second-order valence-corrected chi connectivity index (χ2v) is 3.84. The molecule has 62 valence electrons. The van der Waals surface area contributed by atoms with Crippen molar-refractivity contribution in [2.24, 2.45) is 0 Å². The molecule has 1 heterocycles. The first-order valence-electron chi connectivity index (χ1n) is 3.12.